The number of halogens is 1. The largest absolute Gasteiger partial charge is 0.467 e. The van der Waals surface area contributed by atoms with Gasteiger partial charge in [0.05, 0.1) is 18.1 Å². The van der Waals surface area contributed by atoms with Crippen LogP contribution in [0.25, 0.3) is 11.0 Å². The van der Waals surface area contributed by atoms with Gasteiger partial charge in [0.2, 0.25) is 0 Å². The Hall–Kier alpha value is -1.63. The molecule has 0 aromatic carbocycles. The van der Waals surface area contributed by atoms with E-state index in [0.29, 0.717) is 25.5 Å². The predicted octanol–water partition coefficient (Wildman–Crippen LogP) is 4.81. The molecule has 3 heterocycles. The molecule has 31 heavy (non-hydrogen) atoms. The number of piperidine rings is 1. The average molecular weight is 452 g/mol. The van der Waals surface area contributed by atoms with Gasteiger partial charge in [0, 0.05) is 37.6 Å². The number of H-pyrrole nitrogens is 1. The van der Waals surface area contributed by atoms with E-state index in [9.17, 15) is 4.79 Å². The van der Waals surface area contributed by atoms with Crippen LogP contribution in [0, 0.1) is 25.2 Å². The van der Waals surface area contributed by atoms with E-state index in [1.807, 2.05) is 6.92 Å². The molecule has 6 nitrogen and oxygen atoms in total. The standard InChI is InChI=1S/C24H37N3O3.ClH/c1-8-9-30-24(22(28)29-7)12-18(23(4,5)6)13-27(15-24)14-19-11-21-20(26-19)10-16(2)17(3)25-21;/h10-11,18,26H,8-9,12-15H2,1-7H3;1H/t18-,24+;/m1./s1. The van der Waals surface area contributed by atoms with Crippen LogP contribution < -0.4 is 0 Å². The molecule has 3 rings (SSSR count). The normalized spacial score (nSPS) is 22.4. The monoisotopic (exact) mass is 451 g/mol. The van der Waals surface area contributed by atoms with Gasteiger partial charge < -0.3 is 14.5 Å². The second-order valence-corrected chi connectivity index (χ2v) is 9.89. The van der Waals surface area contributed by atoms with Crippen LogP contribution in [0.15, 0.2) is 12.1 Å². The summed E-state index contributed by atoms with van der Waals surface area (Å²) in [5.41, 5.74) is 4.52. The third-order valence-corrected chi connectivity index (χ3v) is 6.39. The number of aromatic nitrogens is 2. The lowest BCUT2D eigenvalue weighted by atomic mass is 9.71. The Labute approximate surface area is 192 Å². The van der Waals surface area contributed by atoms with Crippen molar-refractivity contribution in [3.8, 4) is 0 Å². The first-order valence-corrected chi connectivity index (χ1v) is 11.0. The first kappa shape index (κ1) is 25.6. The van der Waals surface area contributed by atoms with Crippen LogP contribution in [0.4, 0.5) is 0 Å². The zero-order valence-electron chi connectivity index (χ0n) is 20.0. The minimum Gasteiger partial charge on any atom is -0.467 e. The molecule has 2 aromatic heterocycles. The molecule has 0 aliphatic carbocycles. The lowest BCUT2D eigenvalue weighted by Crippen LogP contribution is -2.59. The maximum absolute atomic E-state index is 12.9. The summed E-state index contributed by atoms with van der Waals surface area (Å²) in [4.78, 5) is 23.4. The van der Waals surface area contributed by atoms with Gasteiger partial charge in [-0.15, -0.1) is 12.4 Å². The highest BCUT2D eigenvalue weighted by molar-refractivity contribution is 5.85. The summed E-state index contributed by atoms with van der Waals surface area (Å²) < 4.78 is 11.4. The van der Waals surface area contributed by atoms with Gasteiger partial charge in [-0.3, -0.25) is 9.88 Å². The lowest BCUT2D eigenvalue weighted by Gasteiger charge is -2.48. The van der Waals surface area contributed by atoms with Crippen LogP contribution in [0.2, 0.25) is 0 Å². The Kier molecular flexibility index (Phi) is 8.17. The van der Waals surface area contributed by atoms with Gasteiger partial charge in [0.15, 0.2) is 5.60 Å². The molecular weight excluding hydrogens is 414 g/mol. The molecule has 1 N–H and O–H groups in total. The van der Waals surface area contributed by atoms with Gasteiger partial charge in [-0.05, 0) is 55.7 Å². The van der Waals surface area contributed by atoms with E-state index in [2.05, 4.69) is 56.6 Å². The van der Waals surface area contributed by atoms with E-state index in [4.69, 9.17) is 14.5 Å². The first-order chi connectivity index (χ1) is 14.1. The number of fused-ring (bicyclic) bond motifs is 1. The molecule has 0 unspecified atom stereocenters. The molecule has 1 fully saturated rings. The number of hydrogen-bond acceptors (Lipinski definition) is 5. The van der Waals surface area contributed by atoms with Crippen molar-refractivity contribution < 1.29 is 14.3 Å². The van der Waals surface area contributed by atoms with Crippen molar-refractivity contribution >= 4 is 29.4 Å². The molecule has 2 aromatic rings. The van der Waals surface area contributed by atoms with Gasteiger partial charge in [-0.1, -0.05) is 27.7 Å². The fraction of sp³-hybridized carbons (Fsp3) is 0.667. The van der Waals surface area contributed by atoms with E-state index in [-0.39, 0.29) is 23.8 Å². The molecule has 0 spiro atoms. The molecule has 174 valence electrons. The summed E-state index contributed by atoms with van der Waals surface area (Å²) in [7, 11) is 1.46. The van der Waals surface area contributed by atoms with Crippen molar-refractivity contribution in [2.45, 2.75) is 66.5 Å². The quantitative estimate of drug-likeness (QED) is 0.638. The fourth-order valence-electron chi connectivity index (χ4n) is 4.39. The van der Waals surface area contributed by atoms with E-state index >= 15 is 0 Å². The topological polar surface area (TPSA) is 67.5 Å². The van der Waals surface area contributed by atoms with Crippen molar-refractivity contribution in [1.82, 2.24) is 14.9 Å². The number of nitrogens with one attached hydrogen (secondary N) is 1. The number of ether oxygens (including phenoxy) is 2. The van der Waals surface area contributed by atoms with Gasteiger partial charge in [0.25, 0.3) is 0 Å². The second-order valence-electron chi connectivity index (χ2n) is 9.89. The summed E-state index contributed by atoms with van der Waals surface area (Å²) >= 11 is 0. The first-order valence-electron chi connectivity index (χ1n) is 11.0. The number of pyridine rings is 1. The average Bonchev–Trinajstić information content (AvgIpc) is 3.05. The number of methoxy groups -OCH3 is 1. The van der Waals surface area contributed by atoms with Crippen LogP contribution in [-0.4, -0.2) is 53.2 Å². The number of aryl methyl sites for hydroxylation is 2. The summed E-state index contributed by atoms with van der Waals surface area (Å²) in [6.07, 6.45) is 1.55. The number of carbonyl (C=O) groups excluding carboxylic acids is 1. The van der Waals surface area contributed by atoms with Crippen molar-refractivity contribution in [3.05, 3.63) is 29.1 Å². The maximum Gasteiger partial charge on any atom is 0.339 e. The molecule has 0 amide bonds. The zero-order chi connectivity index (χ0) is 22.1. The van der Waals surface area contributed by atoms with Gasteiger partial charge >= 0.3 is 5.97 Å². The Bertz CT molecular complexity index is 866. The highest BCUT2D eigenvalue weighted by Gasteiger charge is 2.50. The van der Waals surface area contributed by atoms with Crippen LogP contribution in [0.3, 0.4) is 0 Å². The maximum atomic E-state index is 12.9. The van der Waals surface area contributed by atoms with Crippen molar-refractivity contribution in [1.29, 1.82) is 0 Å². The second kappa shape index (κ2) is 9.88. The van der Waals surface area contributed by atoms with Crippen molar-refractivity contribution in [3.63, 3.8) is 0 Å². The highest BCUT2D eigenvalue weighted by atomic mass is 35.5. The number of rotatable bonds is 6. The van der Waals surface area contributed by atoms with Crippen LogP contribution >= 0.6 is 12.4 Å². The van der Waals surface area contributed by atoms with Gasteiger partial charge in [-0.25, -0.2) is 4.79 Å². The molecule has 1 aliphatic rings. The number of hydrogen-bond donors (Lipinski definition) is 1. The predicted molar refractivity (Wildman–Crippen MR) is 127 cm³/mol. The highest BCUT2D eigenvalue weighted by Crippen LogP contribution is 2.40. The third kappa shape index (κ3) is 5.60. The summed E-state index contributed by atoms with van der Waals surface area (Å²) in [6, 6.07) is 4.27. The Morgan fingerprint density at radius 2 is 2.03 bits per heavy atom. The number of aromatic amines is 1. The molecule has 0 saturated carbocycles. The molecule has 0 bridgehead atoms. The van der Waals surface area contributed by atoms with Crippen LogP contribution in [0.1, 0.15) is 57.5 Å². The number of nitrogens with zero attached hydrogens (tertiary/aromatic N) is 2. The van der Waals surface area contributed by atoms with Crippen molar-refractivity contribution in [2.75, 3.05) is 26.8 Å². The molecule has 2 atom stereocenters. The SMILES string of the molecule is CCCO[C@@]1(C(=O)OC)C[C@@H](C(C)(C)C)CN(Cc2cc3nc(C)c(C)cc3[nH]2)C1.Cl. The van der Waals surface area contributed by atoms with Crippen molar-refractivity contribution in [2.24, 2.45) is 11.3 Å². The summed E-state index contributed by atoms with van der Waals surface area (Å²) in [6.45, 7) is 15.6. The van der Waals surface area contributed by atoms with E-state index < -0.39 is 5.60 Å². The number of esters is 1. The molecule has 1 aliphatic heterocycles. The Balaban J connectivity index is 0.00000341. The minimum absolute atomic E-state index is 0. The van der Waals surface area contributed by atoms with Gasteiger partial charge in [-0.2, -0.15) is 0 Å². The Morgan fingerprint density at radius 1 is 1.32 bits per heavy atom. The smallest absolute Gasteiger partial charge is 0.339 e. The Morgan fingerprint density at radius 3 is 2.65 bits per heavy atom. The van der Waals surface area contributed by atoms with E-state index in [0.717, 1.165) is 41.9 Å². The molecule has 7 heteroatoms. The number of carbonyl (C=O) groups is 1. The van der Waals surface area contributed by atoms with Crippen LogP contribution in [0.5, 0.6) is 0 Å². The van der Waals surface area contributed by atoms with Gasteiger partial charge in [0.1, 0.15) is 0 Å². The summed E-state index contributed by atoms with van der Waals surface area (Å²) in [5, 5.41) is 0. The third-order valence-electron chi connectivity index (χ3n) is 6.39. The summed E-state index contributed by atoms with van der Waals surface area (Å²) in [5.74, 6) is 0.0497. The molecule has 0 radical (unpaired) electrons. The van der Waals surface area contributed by atoms with Crippen LogP contribution in [-0.2, 0) is 20.8 Å². The molecule has 1 saturated heterocycles. The van der Waals surface area contributed by atoms with E-state index in [1.54, 1.807) is 0 Å². The lowest BCUT2D eigenvalue weighted by molar-refractivity contribution is -0.184. The number of likely N-dealkylation sites (tertiary alicyclic amines) is 1. The zero-order valence-corrected chi connectivity index (χ0v) is 20.8. The molecular formula is C24H38ClN3O3. The van der Waals surface area contributed by atoms with E-state index in [1.165, 1.54) is 12.7 Å². The fourth-order valence-corrected chi connectivity index (χ4v) is 4.39. The minimum atomic E-state index is -0.918.